The van der Waals surface area contributed by atoms with E-state index in [4.69, 9.17) is 9.47 Å². The molecule has 24 heavy (non-hydrogen) atoms. The first kappa shape index (κ1) is 16.8. The first-order chi connectivity index (χ1) is 11.5. The lowest BCUT2D eigenvalue weighted by Crippen LogP contribution is -2.32. The summed E-state index contributed by atoms with van der Waals surface area (Å²) in [6.07, 6.45) is 1.82. The molecule has 0 spiro atoms. The summed E-state index contributed by atoms with van der Waals surface area (Å²) in [4.78, 5) is 0.295. The van der Waals surface area contributed by atoms with Gasteiger partial charge in [0, 0.05) is 12.6 Å². The quantitative estimate of drug-likeness (QED) is 0.772. The van der Waals surface area contributed by atoms with Crippen LogP contribution in [0.25, 0.3) is 0 Å². The van der Waals surface area contributed by atoms with E-state index in [0.717, 1.165) is 24.2 Å². The summed E-state index contributed by atoms with van der Waals surface area (Å²) in [6, 6.07) is 14.1. The highest BCUT2D eigenvalue weighted by Gasteiger charge is 2.38. The van der Waals surface area contributed by atoms with Crippen molar-refractivity contribution in [3.8, 4) is 11.5 Å². The van der Waals surface area contributed by atoms with Crippen molar-refractivity contribution < 1.29 is 17.9 Å². The lowest BCUT2D eigenvalue weighted by molar-refractivity contribution is 0.396. The number of hydrogen-bond donors (Lipinski definition) is 0. The van der Waals surface area contributed by atoms with Crippen molar-refractivity contribution in [1.29, 1.82) is 0 Å². The van der Waals surface area contributed by atoms with Gasteiger partial charge in [-0.1, -0.05) is 12.1 Å². The smallest absolute Gasteiger partial charge is 0.243 e. The summed E-state index contributed by atoms with van der Waals surface area (Å²) in [5.41, 5.74) is 0.944. The van der Waals surface area contributed by atoms with E-state index in [1.165, 1.54) is 0 Å². The van der Waals surface area contributed by atoms with Gasteiger partial charge < -0.3 is 9.47 Å². The molecule has 0 aromatic heterocycles. The third kappa shape index (κ3) is 3.55. The van der Waals surface area contributed by atoms with Gasteiger partial charge in [-0.15, -0.1) is 0 Å². The summed E-state index contributed by atoms with van der Waals surface area (Å²) in [5, 5.41) is 0. The van der Waals surface area contributed by atoms with E-state index < -0.39 is 10.0 Å². The minimum atomic E-state index is -3.53. The third-order valence-electron chi connectivity index (χ3n) is 4.12. The Labute approximate surface area is 142 Å². The molecule has 1 fully saturated rings. The average Bonchev–Trinajstić information content (AvgIpc) is 3.45. The van der Waals surface area contributed by atoms with Crippen molar-refractivity contribution in [2.45, 2.75) is 30.3 Å². The van der Waals surface area contributed by atoms with E-state index in [9.17, 15) is 8.42 Å². The second-order valence-electron chi connectivity index (χ2n) is 5.81. The molecule has 0 amide bonds. The Morgan fingerprint density at radius 2 is 1.42 bits per heavy atom. The zero-order valence-electron chi connectivity index (χ0n) is 13.8. The Morgan fingerprint density at radius 3 is 1.88 bits per heavy atom. The molecule has 3 rings (SSSR count). The summed E-state index contributed by atoms with van der Waals surface area (Å²) in [6.45, 7) is 0.364. The third-order valence-corrected chi connectivity index (χ3v) is 6.03. The Bertz CT molecular complexity index is 781. The van der Waals surface area contributed by atoms with Crippen LogP contribution in [0.15, 0.2) is 53.4 Å². The van der Waals surface area contributed by atoms with E-state index in [1.54, 1.807) is 42.8 Å². The molecule has 0 radical (unpaired) electrons. The molecule has 1 aliphatic carbocycles. The van der Waals surface area contributed by atoms with Crippen molar-refractivity contribution in [3.05, 3.63) is 54.1 Å². The maximum Gasteiger partial charge on any atom is 0.243 e. The first-order valence-corrected chi connectivity index (χ1v) is 9.27. The van der Waals surface area contributed by atoms with Crippen molar-refractivity contribution in [1.82, 2.24) is 4.31 Å². The molecule has 0 atom stereocenters. The van der Waals surface area contributed by atoms with Gasteiger partial charge in [0.1, 0.15) is 11.5 Å². The van der Waals surface area contributed by atoms with Crippen LogP contribution in [0.4, 0.5) is 0 Å². The molecule has 0 bridgehead atoms. The lowest BCUT2D eigenvalue weighted by atomic mass is 10.2. The molecule has 128 valence electrons. The topological polar surface area (TPSA) is 55.8 Å². The van der Waals surface area contributed by atoms with Crippen LogP contribution in [-0.4, -0.2) is 33.0 Å². The zero-order valence-corrected chi connectivity index (χ0v) is 14.6. The van der Waals surface area contributed by atoms with Crippen molar-refractivity contribution in [2.75, 3.05) is 14.2 Å². The van der Waals surface area contributed by atoms with Crippen LogP contribution in [0.2, 0.25) is 0 Å². The highest BCUT2D eigenvalue weighted by molar-refractivity contribution is 7.89. The maximum atomic E-state index is 13.0. The van der Waals surface area contributed by atoms with Gasteiger partial charge in [0.2, 0.25) is 10.0 Å². The van der Waals surface area contributed by atoms with Crippen LogP contribution >= 0.6 is 0 Å². The number of ether oxygens (including phenoxy) is 2. The molecule has 0 saturated heterocycles. The van der Waals surface area contributed by atoms with Crippen LogP contribution in [-0.2, 0) is 16.6 Å². The molecule has 6 heteroatoms. The van der Waals surface area contributed by atoms with Crippen LogP contribution in [0.5, 0.6) is 11.5 Å². The molecule has 5 nitrogen and oxygen atoms in total. The molecule has 2 aromatic rings. The van der Waals surface area contributed by atoms with Gasteiger partial charge in [-0.25, -0.2) is 8.42 Å². The molecule has 0 N–H and O–H groups in total. The fraction of sp³-hybridized carbons (Fsp3) is 0.333. The molecule has 0 aliphatic heterocycles. The summed E-state index contributed by atoms with van der Waals surface area (Å²) in [5.74, 6) is 1.40. The molecule has 1 saturated carbocycles. The fourth-order valence-corrected chi connectivity index (χ4v) is 4.24. The summed E-state index contributed by atoms with van der Waals surface area (Å²) < 4.78 is 37.8. The highest BCUT2D eigenvalue weighted by Crippen LogP contribution is 2.34. The Kier molecular flexibility index (Phi) is 4.78. The van der Waals surface area contributed by atoms with Gasteiger partial charge in [0.25, 0.3) is 0 Å². The maximum absolute atomic E-state index is 13.0. The Balaban J connectivity index is 1.85. The van der Waals surface area contributed by atoms with E-state index in [2.05, 4.69) is 0 Å². The van der Waals surface area contributed by atoms with E-state index in [1.807, 2.05) is 24.3 Å². The number of rotatable bonds is 7. The van der Waals surface area contributed by atoms with Gasteiger partial charge >= 0.3 is 0 Å². The largest absolute Gasteiger partial charge is 0.497 e. The lowest BCUT2D eigenvalue weighted by Gasteiger charge is -2.22. The molecular formula is C18H21NO4S. The monoisotopic (exact) mass is 347 g/mol. The minimum Gasteiger partial charge on any atom is -0.497 e. The van der Waals surface area contributed by atoms with Crippen LogP contribution in [0.3, 0.4) is 0 Å². The average molecular weight is 347 g/mol. The van der Waals surface area contributed by atoms with Crippen molar-refractivity contribution in [3.63, 3.8) is 0 Å². The summed E-state index contributed by atoms with van der Waals surface area (Å²) >= 11 is 0. The number of hydrogen-bond acceptors (Lipinski definition) is 4. The van der Waals surface area contributed by atoms with E-state index in [-0.39, 0.29) is 6.04 Å². The highest BCUT2D eigenvalue weighted by atomic mass is 32.2. The number of nitrogens with zero attached hydrogens (tertiary/aromatic N) is 1. The predicted octanol–water partition coefficient (Wildman–Crippen LogP) is 3.06. The second kappa shape index (κ2) is 6.83. The van der Waals surface area contributed by atoms with Crippen LogP contribution in [0.1, 0.15) is 18.4 Å². The molecule has 1 aliphatic rings. The SMILES string of the molecule is COc1ccc(CN(C2CC2)S(=O)(=O)c2ccc(OC)cc2)cc1. The Hall–Kier alpha value is -2.05. The van der Waals surface area contributed by atoms with Gasteiger partial charge in [-0.2, -0.15) is 4.31 Å². The predicted molar refractivity (Wildman–Crippen MR) is 91.7 cm³/mol. The van der Waals surface area contributed by atoms with Gasteiger partial charge in [-0.05, 0) is 54.8 Å². The standard InChI is InChI=1S/C18H21NO4S/c1-22-16-7-3-14(4-8-16)13-19(15-5-6-15)24(20,21)18-11-9-17(23-2)10-12-18/h3-4,7-12,15H,5-6,13H2,1-2H3. The van der Waals surface area contributed by atoms with Crippen molar-refractivity contribution in [2.24, 2.45) is 0 Å². The van der Waals surface area contributed by atoms with Crippen LogP contribution in [0, 0.1) is 0 Å². The summed E-state index contributed by atoms with van der Waals surface area (Å²) in [7, 11) is -0.360. The van der Waals surface area contributed by atoms with Gasteiger partial charge in [-0.3, -0.25) is 0 Å². The number of methoxy groups -OCH3 is 2. The van der Waals surface area contributed by atoms with E-state index in [0.29, 0.717) is 17.2 Å². The normalized spacial score (nSPS) is 14.6. The van der Waals surface area contributed by atoms with E-state index >= 15 is 0 Å². The number of sulfonamides is 1. The molecule has 2 aromatic carbocycles. The van der Waals surface area contributed by atoms with Crippen LogP contribution < -0.4 is 9.47 Å². The van der Waals surface area contributed by atoms with Gasteiger partial charge in [0.05, 0.1) is 19.1 Å². The first-order valence-electron chi connectivity index (χ1n) is 7.83. The second-order valence-corrected chi connectivity index (χ2v) is 7.70. The van der Waals surface area contributed by atoms with Crippen molar-refractivity contribution >= 4 is 10.0 Å². The fourth-order valence-electron chi connectivity index (χ4n) is 2.57. The van der Waals surface area contributed by atoms with Gasteiger partial charge in [0.15, 0.2) is 0 Å². The molecular weight excluding hydrogens is 326 g/mol. The number of benzene rings is 2. The zero-order chi connectivity index (χ0) is 17.2. The Morgan fingerprint density at radius 1 is 0.917 bits per heavy atom. The molecule has 0 unspecified atom stereocenters. The molecule has 0 heterocycles. The minimum absolute atomic E-state index is 0.0826.